The van der Waals surface area contributed by atoms with Crippen molar-refractivity contribution in [3.8, 4) is 22.8 Å². The molecule has 1 aliphatic rings. The molecule has 0 radical (unpaired) electrons. The van der Waals surface area contributed by atoms with Gasteiger partial charge >= 0.3 is 5.97 Å². The van der Waals surface area contributed by atoms with Gasteiger partial charge in [-0.15, -0.1) is 0 Å². The Morgan fingerprint density at radius 1 is 0.944 bits per heavy atom. The maximum Gasteiger partial charge on any atom is 0.334 e. The number of esters is 1. The van der Waals surface area contributed by atoms with E-state index in [-0.39, 0.29) is 28.0 Å². The lowest BCUT2D eigenvalue weighted by molar-refractivity contribution is -0.138. The summed E-state index contributed by atoms with van der Waals surface area (Å²) in [6, 6.07) is 16.6. The largest absolute Gasteiger partial charge is 0.496 e. The third-order valence-electron chi connectivity index (χ3n) is 5.93. The molecule has 1 unspecified atom stereocenters. The molecule has 0 aliphatic carbocycles. The Hall–Kier alpha value is -4.24. The molecule has 0 fully saturated rings. The Kier molecular flexibility index (Phi) is 5.93. The zero-order valence-corrected chi connectivity index (χ0v) is 20.7. The Morgan fingerprint density at radius 3 is 2.22 bits per heavy atom. The maximum atomic E-state index is 13.4. The fourth-order valence-corrected chi connectivity index (χ4v) is 4.61. The zero-order valence-electron chi connectivity index (χ0n) is 19.1. The second-order valence-electron chi connectivity index (χ2n) is 8.06. The van der Waals surface area contributed by atoms with E-state index in [1.54, 1.807) is 54.6 Å². The lowest BCUT2D eigenvalue weighted by Crippen LogP contribution is -2.45. The molecule has 0 N–H and O–H groups in total. The van der Waals surface area contributed by atoms with E-state index < -0.39 is 29.3 Å². The number of rotatable bonds is 5. The van der Waals surface area contributed by atoms with Crippen LogP contribution in [-0.2, 0) is 4.79 Å². The van der Waals surface area contributed by atoms with Gasteiger partial charge in [0.2, 0.25) is 11.2 Å². The first-order valence-corrected chi connectivity index (χ1v) is 11.7. The first-order chi connectivity index (χ1) is 17.3. The number of nitrogens with zero attached hydrogens (tertiary/aromatic N) is 1. The number of benzene rings is 3. The van der Waals surface area contributed by atoms with Crippen LogP contribution in [0.5, 0.6) is 11.5 Å². The lowest BCUT2D eigenvalue weighted by Gasteiger charge is -2.21. The summed E-state index contributed by atoms with van der Waals surface area (Å²) >= 11 is 3.41. The molecule has 36 heavy (non-hydrogen) atoms. The van der Waals surface area contributed by atoms with Crippen LogP contribution >= 0.6 is 15.9 Å². The molecular formula is C27H18BrNO7. The van der Waals surface area contributed by atoms with Gasteiger partial charge in [-0.3, -0.25) is 19.3 Å². The average Bonchev–Trinajstić information content (AvgIpc) is 3.14. The molecule has 5 rings (SSSR count). The van der Waals surface area contributed by atoms with Crippen molar-refractivity contribution in [3.63, 3.8) is 0 Å². The summed E-state index contributed by atoms with van der Waals surface area (Å²) in [4.78, 5) is 53.1. The van der Waals surface area contributed by atoms with Crippen LogP contribution in [0, 0.1) is 0 Å². The first-order valence-electron chi connectivity index (χ1n) is 10.9. The van der Waals surface area contributed by atoms with Crippen LogP contribution in [0.3, 0.4) is 0 Å². The monoisotopic (exact) mass is 547 g/mol. The van der Waals surface area contributed by atoms with E-state index in [0.717, 1.165) is 4.90 Å². The third kappa shape index (κ3) is 3.77. The van der Waals surface area contributed by atoms with Gasteiger partial charge in [-0.1, -0.05) is 24.3 Å². The lowest BCUT2D eigenvalue weighted by atomic mass is 10.1. The van der Waals surface area contributed by atoms with Crippen molar-refractivity contribution >= 4 is 44.7 Å². The zero-order chi connectivity index (χ0) is 25.6. The highest BCUT2D eigenvalue weighted by atomic mass is 79.9. The SMILES string of the molecule is COc1ccc(-c2oc3ccccc3c(=O)c2OC(=O)C(C)N2C(=O)c3ccccc3C2=O)cc1Br. The van der Waals surface area contributed by atoms with Gasteiger partial charge in [0.1, 0.15) is 17.4 Å². The summed E-state index contributed by atoms with van der Waals surface area (Å²) in [5, 5.41) is 0.213. The van der Waals surface area contributed by atoms with Crippen LogP contribution in [0.1, 0.15) is 27.6 Å². The van der Waals surface area contributed by atoms with Crippen molar-refractivity contribution < 1.29 is 28.3 Å². The highest BCUT2D eigenvalue weighted by molar-refractivity contribution is 9.10. The molecule has 0 saturated heterocycles. The summed E-state index contributed by atoms with van der Waals surface area (Å²) in [5.74, 6) is -1.94. The van der Waals surface area contributed by atoms with Gasteiger partial charge < -0.3 is 13.9 Å². The van der Waals surface area contributed by atoms with E-state index in [9.17, 15) is 19.2 Å². The van der Waals surface area contributed by atoms with E-state index in [1.807, 2.05) is 0 Å². The smallest absolute Gasteiger partial charge is 0.334 e. The number of amides is 2. The van der Waals surface area contributed by atoms with E-state index in [2.05, 4.69) is 15.9 Å². The molecule has 0 spiro atoms. The number of para-hydroxylation sites is 1. The van der Waals surface area contributed by atoms with Gasteiger partial charge in [0.15, 0.2) is 5.76 Å². The molecule has 9 heteroatoms. The van der Waals surface area contributed by atoms with Crippen LogP contribution in [0.25, 0.3) is 22.3 Å². The van der Waals surface area contributed by atoms with Crippen molar-refractivity contribution in [2.24, 2.45) is 0 Å². The number of halogens is 1. The molecular weight excluding hydrogens is 530 g/mol. The Morgan fingerprint density at radius 2 is 1.58 bits per heavy atom. The van der Waals surface area contributed by atoms with Gasteiger partial charge in [-0.25, -0.2) is 4.79 Å². The Bertz CT molecular complexity index is 1590. The summed E-state index contributed by atoms with van der Waals surface area (Å²) in [5.41, 5.74) is 0.591. The third-order valence-corrected chi connectivity index (χ3v) is 6.55. The Balaban J connectivity index is 1.56. The van der Waals surface area contributed by atoms with Crippen LogP contribution < -0.4 is 14.9 Å². The fourth-order valence-electron chi connectivity index (χ4n) is 4.07. The highest BCUT2D eigenvalue weighted by Gasteiger charge is 2.41. The molecule has 8 nitrogen and oxygen atoms in total. The molecule has 0 saturated carbocycles. The van der Waals surface area contributed by atoms with Gasteiger partial charge in [-0.2, -0.15) is 0 Å². The van der Waals surface area contributed by atoms with Gasteiger partial charge in [0.25, 0.3) is 11.8 Å². The number of carbonyl (C=O) groups is 3. The molecule has 1 aromatic heterocycles. The first kappa shape index (κ1) is 23.5. The second kappa shape index (κ2) is 9.09. The van der Waals surface area contributed by atoms with Gasteiger partial charge in [0.05, 0.1) is 28.1 Å². The Labute approximate surface area is 213 Å². The number of hydrogen-bond donors (Lipinski definition) is 0. The van der Waals surface area contributed by atoms with Gasteiger partial charge in [0, 0.05) is 5.56 Å². The molecule has 3 aromatic carbocycles. The maximum absolute atomic E-state index is 13.4. The van der Waals surface area contributed by atoms with Crippen molar-refractivity contribution in [2.75, 3.05) is 7.11 Å². The fraction of sp³-hybridized carbons (Fsp3) is 0.111. The minimum atomic E-state index is -1.29. The predicted octanol–water partition coefficient (Wildman–Crippen LogP) is 4.82. The van der Waals surface area contributed by atoms with Crippen molar-refractivity contribution in [1.82, 2.24) is 4.90 Å². The molecule has 0 bridgehead atoms. The van der Waals surface area contributed by atoms with Crippen LogP contribution in [0.2, 0.25) is 0 Å². The molecule has 2 heterocycles. The van der Waals surface area contributed by atoms with Crippen LogP contribution in [0.4, 0.5) is 0 Å². The summed E-state index contributed by atoms with van der Waals surface area (Å²) in [6.07, 6.45) is 0. The minimum absolute atomic E-state index is 0.0185. The highest BCUT2D eigenvalue weighted by Crippen LogP contribution is 2.36. The van der Waals surface area contributed by atoms with E-state index in [4.69, 9.17) is 13.9 Å². The number of imide groups is 1. The van der Waals surface area contributed by atoms with E-state index in [1.165, 1.54) is 26.2 Å². The quantitative estimate of drug-likeness (QED) is 0.260. The van der Waals surface area contributed by atoms with Crippen LogP contribution in [0.15, 0.2) is 80.4 Å². The standard InChI is InChI=1S/C27H18BrNO7/c1-14(29-25(31)16-7-3-4-8-17(16)26(29)32)27(33)36-24-22(30)18-9-5-6-10-20(18)35-23(24)15-11-12-21(34-2)19(28)13-15/h3-14H,1-2H3. The topological polar surface area (TPSA) is 103 Å². The number of ether oxygens (including phenoxy) is 2. The van der Waals surface area contributed by atoms with Crippen molar-refractivity contribution in [1.29, 1.82) is 0 Å². The molecule has 1 atom stereocenters. The number of carbonyl (C=O) groups excluding carboxylic acids is 3. The summed E-state index contributed by atoms with van der Waals surface area (Å²) in [7, 11) is 1.52. The minimum Gasteiger partial charge on any atom is -0.496 e. The van der Waals surface area contributed by atoms with Crippen molar-refractivity contribution in [3.05, 3.63) is 92.6 Å². The van der Waals surface area contributed by atoms with E-state index in [0.29, 0.717) is 21.4 Å². The molecule has 180 valence electrons. The van der Waals surface area contributed by atoms with Gasteiger partial charge in [-0.05, 0) is 65.3 Å². The number of methoxy groups -OCH3 is 1. The van der Waals surface area contributed by atoms with Crippen LogP contribution in [-0.4, -0.2) is 35.8 Å². The van der Waals surface area contributed by atoms with Crippen molar-refractivity contribution in [2.45, 2.75) is 13.0 Å². The average molecular weight is 548 g/mol. The second-order valence-corrected chi connectivity index (χ2v) is 8.91. The summed E-state index contributed by atoms with van der Waals surface area (Å²) in [6.45, 7) is 1.37. The molecule has 1 aliphatic heterocycles. The molecule has 4 aromatic rings. The number of fused-ring (bicyclic) bond motifs is 2. The molecule has 2 amide bonds. The summed E-state index contributed by atoms with van der Waals surface area (Å²) < 4.78 is 17.4. The predicted molar refractivity (Wildman–Crippen MR) is 134 cm³/mol. The van der Waals surface area contributed by atoms with E-state index >= 15 is 0 Å². The number of hydrogen-bond acceptors (Lipinski definition) is 7. The normalized spacial score (nSPS) is 13.6.